The number of nitrogens with two attached hydrogens (primary N) is 1. The van der Waals surface area contributed by atoms with E-state index in [1.54, 1.807) is 0 Å². The third kappa shape index (κ3) is 2.98. The summed E-state index contributed by atoms with van der Waals surface area (Å²) in [5.74, 6) is 1.09. The van der Waals surface area contributed by atoms with Gasteiger partial charge in [0.15, 0.2) is 0 Å². The molecule has 1 aromatic carbocycles. The molecule has 1 fully saturated rings. The second-order valence-corrected chi connectivity index (χ2v) is 7.20. The molecule has 1 aromatic rings. The number of thioether (sulfide) groups is 1. The van der Waals surface area contributed by atoms with Gasteiger partial charge < -0.3 is 11.1 Å². The van der Waals surface area contributed by atoms with Gasteiger partial charge in [-0.05, 0) is 47.0 Å². The number of halogens is 1. The van der Waals surface area contributed by atoms with Crippen LogP contribution in [0.4, 0.5) is 5.69 Å². The summed E-state index contributed by atoms with van der Waals surface area (Å²) in [6.45, 7) is 5.07. The van der Waals surface area contributed by atoms with Crippen molar-refractivity contribution in [1.82, 2.24) is 0 Å². The van der Waals surface area contributed by atoms with Crippen LogP contribution in [0.5, 0.6) is 0 Å². The maximum atomic E-state index is 5.98. The Morgan fingerprint density at radius 2 is 2.35 bits per heavy atom. The van der Waals surface area contributed by atoms with Crippen LogP contribution in [0.3, 0.4) is 0 Å². The summed E-state index contributed by atoms with van der Waals surface area (Å²) >= 11 is 5.60. The van der Waals surface area contributed by atoms with Gasteiger partial charge >= 0.3 is 0 Å². The summed E-state index contributed by atoms with van der Waals surface area (Å²) < 4.78 is 1.11. The highest BCUT2D eigenvalue weighted by atomic mass is 79.9. The molecular formula is C13H19BrN2S. The number of nitrogens with one attached hydrogen (secondary N) is 1. The molecule has 0 radical (unpaired) electrons. The Kier molecular flexibility index (Phi) is 4.06. The molecule has 3 N–H and O–H groups in total. The van der Waals surface area contributed by atoms with E-state index < -0.39 is 0 Å². The first kappa shape index (κ1) is 13.2. The number of benzene rings is 1. The van der Waals surface area contributed by atoms with Gasteiger partial charge in [0.25, 0.3) is 0 Å². The third-order valence-electron chi connectivity index (χ3n) is 3.23. The van der Waals surface area contributed by atoms with E-state index in [1.165, 1.54) is 5.56 Å². The van der Waals surface area contributed by atoms with Gasteiger partial charge in [-0.15, -0.1) is 0 Å². The van der Waals surface area contributed by atoms with E-state index in [4.69, 9.17) is 5.73 Å². The fraction of sp³-hybridized carbons (Fsp3) is 0.538. The van der Waals surface area contributed by atoms with Crippen molar-refractivity contribution in [3.8, 4) is 0 Å². The molecule has 94 valence electrons. The molecule has 1 aliphatic rings. The van der Waals surface area contributed by atoms with Gasteiger partial charge in [-0.1, -0.05) is 13.0 Å². The van der Waals surface area contributed by atoms with Gasteiger partial charge in [0.2, 0.25) is 0 Å². The number of hydrogen-bond donors (Lipinski definition) is 2. The van der Waals surface area contributed by atoms with Crippen molar-refractivity contribution in [3.05, 3.63) is 28.2 Å². The van der Waals surface area contributed by atoms with E-state index in [-0.39, 0.29) is 5.54 Å². The topological polar surface area (TPSA) is 38.0 Å². The molecule has 4 heteroatoms. The summed E-state index contributed by atoms with van der Waals surface area (Å²) in [6.07, 6.45) is 1.13. The van der Waals surface area contributed by atoms with E-state index >= 15 is 0 Å². The largest absolute Gasteiger partial charge is 0.377 e. The first-order valence-electron chi connectivity index (χ1n) is 5.91. The second kappa shape index (κ2) is 5.21. The molecule has 0 spiro atoms. The lowest BCUT2D eigenvalue weighted by Crippen LogP contribution is -2.46. The van der Waals surface area contributed by atoms with Crippen LogP contribution in [-0.2, 0) is 0 Å². The van der Waals surface area contributed by atoms with Crippen LogP contribution in [0.25, 0.3) is 0 Å². The molecule has 2 nitrogen and oxygen atoms in total. The summed E-state index contributed by atoms with van der Waals surface area (Å²) in [7, 11) is 0. The predicted octanol–water partition coefficient (Wildman–Crippen LogP) is 3.39. The van der Waals surface area contributed by atoms with E-state index in [0.717, 1.165) is 22.3 Å². The highest BCUT2D eigenvalue weighted by molar-refractivity contribution is 9.10. The summed E-state index contributed by atoms with van der Waals surface area (Å²) in [5, 5.41) is 4.34. The third-order valence-corrected chi connectivity index (χ3v) is 5.38. The normalized spacial score (nSPS) is 28.4. The Balaban J connectivity index is 2.21. The molecule has 0 amide bonds. The van der Waals surface area contributed by atoms with Gasteiger partial charge in [0, 0.05) is 27.7 Å². The molecule has 17 heavy (non-hydrogen) atoms. The number of aryl methyl sites for hydroxylation is 1. The molecule has 0 aliphatic carbocycles. The zero-order valence-corrected chi connectivity index (χ0v) is 12.7. The minimum Gasteiger partial charge on any atom is -0.377 e. The van der Waals surface area contributed by atoms with Crippen molar-refractivity contribution in [2.75, 3.05) is 17.6 Å². The maximum Gasteiger partial charge on any atom is 0.0596 e. The van der Waals surface area contributed by atoms with Crippen molar-refractivity contribution >= 4 is 33.4 Å². The van der Waals surface area contributed by atoms with Crippen LogP contribution in [0.2, 0.25) is 0 Å². The highest BCUT2D eigenvalue weighted by Gasteiger charge is 2.37. The van der Waals surface area contributed by atoms with Crippen LogP contribution in [-0.4, -0.2) is 23.1 Å². The Morgan fingerprint density at radius 1 is 1.59 bits per heavy atom. The average molecular weight is 315 g/mol. The van der Waals surface area contributed by atoms with Crippen molar-refractivity contribution in [2.24, 2.45) is 5.73 Å². The Bertz CT molecular complexity index is 410. The lowest BCUT2D eigenvalue weighted by Gasteiger charge is -2.30. The average Bonchev–Trinajstić information content (AvgIpc) is 2.66. The molecule has 2 rings (SSSR count). The summed E-state index contributed by atoms with van der Waals surface area (Å²) in [6, 6.07) is 6.37. The van der Waals surface area contributed by atoms with Gasteiger partial charge in [-0.25, -0.2) is 0 Å². The summed E-state index contributed by atoms with van der Waals surface area (Å²) in [5.41, 5.74) is 8.45. The zero-order valence-electron chi connectivity index (χ0n) is 10.3. The number of rotatable bonds is 3. The lowest BCUT2D eigenvalue weighted by atomic mass is 9.96. The molecule has 0 aromatic heterocycles. The Labute approximate surface area is 116 Å². The molecule has 1 heterocycles. The second-order valence-electron chi connectivity index (χ2n) is 4.92. The fourth-order valence-electron chi connectivity index (χ4n) is 2.27. The number of anilines is 1. The first-order valence-corrected chi connectivity index (χ1v) is 7.75. The van der Waals surface area contributed by atoms with Crippen LogP contribution in [0.1, 0.15) is 18.9 Å². The SMILES string of the molecule is Cc1ccc(Br)c(NC2(CN)CSC(C)C2)c1. The maximum absolute atomic E-state index is 5.98. The van der Waals surface area contributed by atoms with Gasteiger partial charge in [-0.2, -0.15) is 11.8 Å². The van der Waals surface area contributed by atoms with Crippen LogP contribution in [0, 0.1) is 6.92 Å². The quantitative estimate of drug-likeness (QED) is 0.898. The van der Waals surface area contributed by atoms with Crippen LogP contribution < -0.4 is 11.1 Å². The predicted molar refractivity (Wildman–Crippen MR) is 80.8 cm³/mol. The molecular weight excluding hydrogens is 296 g/mol. The van der Waals surface area contributed by atoms with Gasteiger partial charge in [0.05, 0.1) is 5.54 Å². The first-order chi connectivity index (χ1) is 8.04. The van der Waals surface area contributed by atoms with Gasteiger partial charge in [0.1, 0.15) is 0 Å². The minimum atomic E-state index is 0.0559. The van der Waals surface area contributed by atoms with E-state index in [2.05, 4.69) is 53.3 Å². The molecule has 1 aliphatic heterocycles. The highest BCUT2D eigenvalue weighted by Crippen LogP contribution is 2.37. The molecule has 0 bridgehead atoms. The van der Waals surface area contributed by atoms with Crippen molar-refractivity contribution in [1.29, 1.82) is 0 Å². The van der Waals surface area contributed by atoms with Crippen LogP contribution >= 0.6 is 27.7 Å². The Morgan fingerprint density at radius 3 is 2.94 bits per heavy atom. The van der Waals surface area contributed by atoms with Crippen molar-refractivity contribution in [2.45, 2.75) is 31.1 Å². The smallest absolute Gasteiger partial charge is 0.0596 e. The molecule has 2 atom stereocenters. The molecule has 0 saturated carbocycles. The van der Waals surface area contributed by atoms with Crippen molar-refractivity contribution < 1.29 is 0 Å². The fourth-order valence-corrected chi connectivity index (χ4v) is 3.96. The Hall–Kier alpha value is -0.190. The molecule has 2 unspecified atom stereocenters. The molecule has 1 saturated heterocycles. The lowest BCUT2D eigenvalue weighted by molar-refractivity contribution is 0.513. The van der Waals surface area contributed by atoms with E-state index in [0.29, 0.717) is 11.8 Å². The number of hydrogen-bond acceptors (Lipinski definition) is 3. The minimum absolute atomic E-state index is 0.0559. The van der Waals surface area contributed by atoms with E-state index in [1.807, 2.05) is 11.8 Å². The monoisotopic (exact) mass is 314 g/mol. The summed E-state index contributed by atoms with van der Waals surface area (Å²) in [4.78, 5) is 0. The van der Waals surface area contributed by atoms with Crippen LogP contribution in [0.15, 0.2) is 22.7 Å². The zero-order chi connectivity index (χ0) is 12.5. The van der Waals surface area contributed by atoms with E-state index in [9.17, 15) is 0 Å². The standard InChI is InChI=1S/C13H19BrN2S/c1-9-3-4-11(14)12(5-9)16-13(7-15)6-10(2)17-8-13/h3-5,10,16H,6-8,15H2,1-2H3. The van der Waals surface area contributed by atoms with Gasteiger partial charge in [-0.3, -0.25) is 0 Å². The van der Waals surface area contributed by atoms with Crippen molar-refractivity contribution in [3.63, 3.8) is 0 Å².